The molecular formula is C34H55N5O8. The van der Waals surface area contributed by atoms with Crippen LogP contribution in [0.25, 0.3) is 0 Å². The molecule has 0 radical (unpaired) electrons. The van der Waals surface area contributed by atoms with Crippen molar-refractivity contribution in [2.75, 3.05) is 7.11 Å². The van der Waals surface area contributed by atoms with Gasteiger partial charge in [0, 0.05) is 5.56 Å². The number of hydrogen-bond donors (Lipinski definition) is 5. The van der Waals surface area contributed by atoms with Crippen molar-refractivity contribution in [1.29, 1.82) is 0 Å². The van der Waals surface area contributed by atoms with Crippen molar-refractivity contribution in [3.8, 4) is 5.75 Å². The molecule has 0 saturated heterocycles. The highest BCUT2D eigenvalue weighted by Gasteiger charge is 2.46. The monoisotopic (exact) mass is 661 g/mol. The summed E-state index contributed by atoms with van der Waals surface area (Å²) in [5.74, 6) is -3.55. The number of nitrogens with one attached hydrogen (secondary N) is 5. The third kappa shape index (κ3) is 11.0. The molecule has 264 valence electrons. The molecule has 0 aromatic heterocycles. The van der Waals surface area contributed by atoms with E-state index in [1.807, 2.05) is 0 Å². The van der Waals surface area contributed by atoms with E-state index in [2.05, 4.69) is 26.6 Å². The lowest BCUT2D eigenvalue weighted by atomic mass is 9.86. The molecule has 1 aromatic rings. The van der Waals surface area contributed by atoms with Crippen LogP contribution in [0, 0.1) is 5.92 Å². The molecule has 1 atom stereocenters. The molecule has 1 aromatic carbocycles. The molecule has 0 spiro atoms. The zero-order valence-corrected chi connectivity index (χ0v) is 30.7. The SMILES string of the molecule is COc1ccc(C(=O)NC(C)(C)C(=O)NC(C)(C)C(=O)NC(C)(C)C(=O)NC(C)(C)C(=O)N[C@](C)(C(=O)OC(C)(C)C)C(C)C)cc1. The summed E-state index contributed by atoms with van der Waals surface area (Å²) in [5, 5.41) is 13.3. The molecule has 5 N–H and O–H groups in total. The summed E-state index contributed by atoms with van der Waals surface area (Å²) in [7, 11) is 1.51. The fourth-order valence-electron chi connectivity index (χ4n) is 3.85. The number of methoxy groups -OCH3 is 1. The maximum Gasteiger partial charge on any atom is 0.332 e. The van der Waals surface area contributed by atoms with Crippen molar-refractivity contribution in [1.82, 2.24) is 26.6 Å². The summed E-state index contributed by atoms with van der Waals surface area (Å²) in [6.45, 7) is 22.0. The van der Waals surface area contributed by atoms with Gasteiger partial charge >= 0.3 is 5.97 Å². The van der Waals surface area contributed by atoms with Crippen LogP contribution in [0.1, 0.15) is 107 Å². The average molecular weight is 662 g/mol. The van der Waals surface area contributed by atoms with E-state index in [0.29, 0.717) is 11.3 Å². The molecule has 47 heavy (non-hydrogen) atoms. The van der Waals surface area contributed by atoms with Crippen LogP contribution >= 0.6 is 0 Å². The molecule has 0 aliphatic rings. The van der Waals surface area contributed by atoms with Gasteiger partial charge in [0.15, 0.2) is 0 Å². The maximum absolute atomic E-state index is 13.4. The summed E-state index contributed by atoms with van der Waals surface area (Å²) in [6.07, 6.45) is 0. The second kappa shape index (κ2) is 14.3. The van der Waals surface area contributed by atoms with Crippen LogP contribution in [0.5, 0.6) is 5.75 Å². The van der Waals surface area contributed by atoms with Gasteiger partial charge in [-0.2, -0.15) is 0 Å². The molecule has 0 aliphatic heterocycles. The van der Waals surface area contributed by atoms with Gasteiger partial charge < -0.3 is 36.1 Å². The lowest BCUT2D eigenvalue weighted by molar-refractivity contribution is -0.166. The fourth-order valence-corrected chi connectivity index (χ4v) is 3.85. The highest BCUT2D eigenvalue weighted by molar-refractivity contribution is 6.02. The highest BCUT2D eigenvalue weighted by Crippen LogP contribution is 2.23. The van der Waals surface area contributed by atoms with Crippen molar-refractivity contribution in [2.45, 2.75) is 130 Å². The second-order valence-electron chi connectivity index (χ2n) is 15.4. The van der Waals surface area contributed by atoms with Crippen LogP contribution in [0.2, 0.25) is 0 Å². The fraction of sp³-hybridized carbons (Fsp3) is 0.647. The first-order valence-corrected chi connectivity index (χ1v) is 15.5. The lowest BCUT2D eigenvalue weighted by Gasteiger charge is -2.39. The molecule has 5 amide bonds. The van der Waals surface area contributed by atoms with Crippen molar-refractivity contribution in [3.05, 3.63) is 29.8 Å². The number of hydrogen-bond acceptors (Lipinski definition) is 8. The van der Waals surface area contributed by atoms with E-state index < -0.39 is 68.8 Å². The Morgan fingerprint density at radius 2 is 0.894 bits per heavy atom. The van der Waals surface area contributed by atoms with E-state index in [0.717, 1.165) is 0 Å². The largest absolute Gasteiger partial charge is 0.497 e. The number of esters is 1. The Balaban J connectivity index is 2.98. The number of carbonyl (C=O) groups excluding carboxylic acids is 6. The third-order valence-electron chi connectivity index (χ3n) is 7.68. The first-order chi connectivity index (χ1) is 21.0. The highest BCUT2D eigenvalue weighted by atomic mass is 16.6. The van der Waals surface area contributed by atoms with Gasteiger partial charge in [0.2, 0.25) is 23.6 Å². The quantitative estimate of drug-likeness (QED) is 0.200. The summed E-state index contributed by atoms with van der Waals surface area (Å²) in [6, 6.07) is 6.35. The predicted molar refractivity (Wildman–Crippen MR) is 178 cm³/mol. The molecule has 13 nitrogen and oxygen atoms in total. The average Bonchev–Trinajstić information content (AvgIpc) is 2.90. The van der Waals surface area contributed by atoms with Crippen molar-refractivity contribution in [2.24, 2.45) is 5.92 Å². The Morgan fingerprint density at radius 1 is 0.553 bits per heavy atom. The van der Waals surface area contributed by atoms with E-state index in [-0.39, 0.29) is 5.92 Å². The van der Waals surface area contributed by atoms with Gasteiger partial charge in [-0.3, -0.25) is 24.0 Å². The zero-order chi connectivity index (χ0) is 37.0. The summed E-state index contributed by atoms with van der Waals surface area (Å²) >= 11 is 0. The van der Waals surface area contributed by atoms with E-state index in [4.69, 9.17) is 9.47 Å². The lowest BCUT2D eigenvalue weighted by Crippen LogP contribution is -2.69. The Hall–Kier alpha value is -4.16. The Kier molecular flexibility index (Phi) is 12.4. The van der Waals surface area contributed by atoms with Gasteiger partial charge in [0.1, 0.15) is 39.0 Å². The molecule has 0 bridgehead atoms. The van der Waals surface area contributed by atoms with Crippen LogP contribution in [0.4, 0.5) is 0 Å². The number of carbonyl (C=O) groups is 6. The molecule has 0 saturated carbocycles. The minimum Gasteiger partial charge on any atom is -0.497 e. The smallest absolute Gasteiger partial charge is 0.332 e. The van der Waals surface area contributed by atoms with Crippen molar-refractivity contribution in [3.63, 3.8) is 0 Å². The van der Waals surface area contributed by atoms with Gasteiger partial charge in [0.05, 0.1) is 7.11 Å². The first kappa shape index (κ1) is 40.9. The topological polar surface area (TPSA) is 181 Å². The molecule has 13 heteroatoms. The molecule has 0 unspecified atom stereocenters. The van der Waals surface area contributed by atoms with Crippen LogP contribution in [0.3, 0.4) is 0 Å². The molecule has 0 fully saturated rings. The summed E-state index contributed by atoms with van der Waals surface area (Å²) < 4.78 is 10.6. The maximum atomic E-state index is 13.4. The predicted octanol–water partition coefficient (Wildman–Crippen LogP) is 2.76. The zero-order valence-electron chi connectivity index (χ0n) is 30.7. The Morgan fingerprint density at radius 3 is 1.21 bits per heavy atom. The van der Waals surface area contributed by atoms with E-state index >= 15 is 0 Å². The van der Waals surface area contributed by atoms with E-state index in [9.17, 15) is 28.8 Å². The second-order valence-corrected chi connectivity index (χ2v) is 15.4. The third-order valence-corrected chi connectivity index (χ3v) is 7.68. The number of benzene rings is 1. The molecule has 1 rings (SSSR count). The van der Waals surface area contributed by atoms with Gasteiger partial charge in [-0.1, -0.05) is 13.8 Å². The first-order valence-electron chi connectivity index (χ1n) is 15.5. The van der Waals surface area contributed by atoms with Crippen molar-refractivity contribution < 1.29 is 38.2 Å². The van der Waals surface area contributed by atoms with Crippen LogP contribution in [0.15, 0.2) is 24.3 Å². The summed E-state index contributed by atoms with van der Waals surface area (Å²) in [5.41, 5.74) is -7.84. The Labute approximate surface area is 279 Å². The number of ether oxygens (including phenoxy) is 2. The molecule has 0 heterocycles. The van der Waals surface area contributed by atoms with Crippen molar-refractivity contribution >= 4 is 35.5 Å². The van der Waals surface area contributed by atoms with Crippen LogP contribution < -0.4 is 31.3 Å². The van der Waals surface area contributed by atoms with Gasteiger partial charge in [-0.25, -0.2) is 4.79 Å². The Bertz CT molecular complexity index is 1360. The summed E-state index contributed by atoms with van der Waals surface area (Å²) in [4.78, 5) is 79.2. The van der Waals surface area contributed by atoms with Crippen LogP contribution in [-0.4, -0.2) is 75.9 Å². The van der Waals surface area contributed by atoms with E-state index in [1.54, 1.807) is 65.8 Å². The number of amides is 5. The van der Waals surface area contributed by atoms with Crippen LogP contribution in [-0.2, 0) is 28.7 Å². The van der Waals surface area contributed by atoms with E-state index in [1.165, 1.54) is 62.5 Å². The molecule has 0 aliphatic carbocycles. The minimum atomic E-state index is -1.54. The normalized spacial score (nSPS) is 13.9. The van der Waals surface area contributed by atoms with Gasteiger partial charge in [0.25, 0.3) is 5.91 Å². The van der Waals surface area contributed by atoms with Gasteiger partial charge in [-0.15, -0.1) is 0 Å². The standard InChI is InChI=1S/C34H55N5O8/c1-20(2)34(14,28(45)47-29(3,4)5)39-27(44)33(12,13)38-26(43)32(10,11)37-25(42)31(8,9)36-24(41)30(6,7)35-23(40)21-16-18-22(46-15)19-17-21/h16-20H,1-15H3,(H,35,40)(H,36,41)(H,37,42)(H,38,43)(H,39,44)/t34-/m0/s1. The minimum absolute atomic E-state index is 0.312. The van der Waals surface area contributed by atoms with Gasteiger partial charge in [-0.05, 0) is 113 Å². The number of rotatable bonds is 13. The molecular weight excluding hydrogens is 606 g/mol.